The minimum atomic E-state index is -0.839. The summed E-state index contributed by atoms with van der Waals surface area (Å²) in [6.07, 6.45) is 0. The van der Waals surface area contributed by atoms with Crippen LogP contribution in [0.1, 0.15) is 28.3 Å². The Kier molecular flexibility index (Phi) is 4.12. The number of aryl methyl sites for hydroxylation is 2. The summed E-state index contributed by atoms with van der Waals surface area (Å²) >= 11 is 0. The molecule has 0 spiro atoms. The molecule has 0 amide bonds. The van der Waals surface area contributed by atoms with Crippen LogP contribution in [0.2, 0.25) is 0 Å². The van der Waals surface area contributed by atoms with Gasteiger partial charge in [0.2, 0.25) is 11.8 Å². The van der Waals surface area contributed by atoms with Crippen molar-refractivity contribution in [2.45, 2.75) is 19.8 Å². The molecule has 7 heteroatoms. The molecule has 2 heterocycles. The molecule has 0 bridgehead atoms. The molecular weight excluding hydrogens is 362 g/mol. The van der Waals surface area contributed by atoms with Gasteiger partial charge in [-0.1, -0.05) is 23.8 Å². The molecule has 0 aliphatic carbocycles. The first-order valence-electron chi connectivity index (χ1n) is 8.59. The standard InChI is InChI=1S/C21H16F2N4O/c1-11-3-6-14(7-4-11)27-21-18(12(2)26-27)19(16(10-24)20(25)28-21)15-8-5-13(22)9-17(15)23/h3-9,19H,25H2,1-2H3/t19-/m0/s1. The van der Waals surface area contributed by atoms with E-state index in [9.17, 15) is 14.0 Å². The molecule has 28 heavy (non-hydrogen) atoms. The van der Waals surface area contributed by atoms with Crippen molar-refractivity contribution in [3.8, 4) is 17.6 Å². The van der Waals surface area contributed by atoms with Gasteiger partial charge in [0.1, 0.15) is 23.3 Å². The number of fused-ring (bicyclic) bond motifs is 1. The predicted octanol–water partition coefficient (Wildman–Crippen LogP) is 3.99. The summed E-state index contributed by atoms with van der Waals surface area (Å²) in [7, 11) is 0. The van der Waals surface area contributed by atoms with Crippen LogP contribution in [0, 0.1) is 36.8 Å². The molecule has 0 fully saturated rings. The summed E-state index contributed by atoms with van der Waals surface area (Å²) in [6.45, 7) is 3.72. The Morgan fingerprint density at radius 1 is 1.14 bits per heavy atom. The highest BCUT2D eigenvalue weighted by molar-refractivity contribution is 5.57. The fraction of sp³-hybridized carbons (Fsp3) is 0.143. The SMILES string of the molecule is Cc1ccc(-n2nc(C)c3c2OC(N)=C(C#N)[C@@H]3c2ccc(F)cc2F)cc1. The van der Waals surface area contributed by atoms with E-state index < -0.39 is 17.6 Å². The minimum absolute atomic E-state index is 0.0598. The van der Waals surface area contributed by atoms with Gasteiger partial charge in [0.05, 0.1) is 22.9 Å². The van der Waals surface area contributed by atoms with Crippen molar-refractivity contribution in [3.05, 3.63) is 87.9 Å². The third-order valence-corrected chi connectivity index (χ3v) is 4.78. The Bertz CT molecular complexity index is 1160. The van der Waals surface area contributed by atoms with E-state index in [1.54, 1.807) is 11.6 Å². The van der Waals surface area contributed by atoms with Crippen LogP contribution in [-0.2, 0) is 0 Å². The van der Waals surface area contributed by atoms with Gasteiger partial charge in [-0.25, -0.2) is 13.5 Å². The van der Waals surface area contributed by atoms with Crippen LogP contribution in [-0.4, -0.2) is 9.78 Å². The van der Waals surface area contributed by atoms with Gasteiger partial charge in [0.25, 0.3) is 0 Å². The highest BCUT2D eigenvalue weighted by Gasteiger charge is 2.37. The molecule has 0 radical (unpaired) electrons. The van der Waals surface area contributed by atoms with Crippen molar-refractivity contribution in [1.29, 1.82) is 5.26 Å². The third kappa shape index (κ3) is 2.70. The summed E-state index contributed by atoms with van der Waals surface area (Å²) in [5.74, 6) is -2.12. The van der Waals surface area contributed by atoms with Crippen LogP contribution in [0.5, 0.6) is 5.88 Å². The van der Waals surface area contributed by atoms with Crippen LogP contribution in [0.3, 0.4) is 0 Å². The molecule has 140 valence electrons. The topological polar surface area (TPSA) is 76.9 Å². The lowest BCUT2D eigenvalue weighted by molar-refractivity contribution is 0.366. The fourth-order valence-corrected chi connectivity index (χ4v) is 3.42. The second kappa shape index (κ2) is 6.50. The molecule has 3 aromatic rings. The van der Waals surface area contributed by atoms with E-state index in [1.807, 2.05) is 37.3 Å². The molecule has 1 atom stereocenters. The number of nitriles is 1. The highest BCUT2D eigenvalue weighted by atomic mass is 19.1. The van der Waals surface area contributed by atoms with E-state index in [-0.39, 0.29) is 17.0 Å². The Morgan fingerprint density at radius 3 is 2.50 bits per heavy atom. The maximum Gasteiger partial charge on any atom is 0.229 e. The monoisotopic (exact) mass is 378 g/mol. The number of hydrogen-bond donors (Lipinski definition) is 1. The average Bonchev–Trinajstić information content (AvgIpc) is 2.98. The largest absolute Gasteiger partial charge is 0.422 e. The van der Waals surface area contributed by atoms with Gasteiger partial charge in [-0.15, -0.1) is 0 Å². The second-order valence-corrected chi connectivity index (χ2v) is 6.64. The van der Waals surface area contributed by atoms with Crippen molar-refractivity contribution in [2.75, 3.05) is 0 Å². The number of aromatic nitrogens is 2. The normalized spacial score (nSPS) is 15.8. The van der Waals surface area contributed by atoms with Crippen molar-refractivity contribution in [3.63, 3.8) is 0 Å². The van der Waals surface area contributed by atoms with Gasteiger partial charge in [0, 0.05) is 11.6 Å². The van der Waals surface area contributed by atoms with Crippen LogP contribution in [0.25, 0.3) is 5.69 Å². The quantitative estimate of drug-likeness (QED) is 0.732. The van der Waals surface area contributed by atoms with E-state index in [0.29, 0.717) is 17.1 Å². The second-order valence-electron chi connectivity index (χ2n) is 6.64. The van der Waals surface area contributed by atoms with Crippen molar-refractivity contribution < 1.29 is 13.5 Å². The maximum atomic E-state index is 14.6. The van der Waals surface area contributed by atoms with Gasteiger partial charge in [-0.05, 0) is 32.0 Å². The molecule has 0 unspecified atom stereocenters. The summed E-state index contributed by atoms with van der Waals surface area (Å²) in [5, 5.41) is 14.1. The van der Waals surface area contributed by atoms with Gasteiger partial charge in [-0.3, -0.25) is 0 Å². The molecule has 1 aliphatic rings. The number of ether oxygens (including phenoxy) is 1. The Hall–Kier alpha value is -3.66. The summed E-state index contributed by atoms with van der Waals surface area (Å²) < 4.78 is 35.3. The number of benzene rings is 2. The molecule has 4 rings (SSSR count). The zero-order valence-electron chi connectivity index (χ0n) is 15.2. The lowest BCUT2D eigenvalue weighted by atomic mass is 9.84. The molecule has 0 saturated carbocycles. The van der Waals surface area contributed by atoms with E-state index in [0.717, 1.165) is 23.4 Å². The van der Waals surface area contributed by atoms with E-state index in [1.165, 1.54) is 6.07 Å². The molecule has 0 saturated heterocycles. The number of allylic oxidation sites excluding steroid dienone is 1. The van der Waals surface area contributed by atoms with E-state index >= 15 is 0 Å². The molecule has 1 aliphatic heterocycles. The van der Waals surface area contributed by atoms with Gasteiger partial charge < -0.3 is 10.5 Å². The Labute approximate surface area is 160 Å². The van der Waals surface area contributed by atoms with Crippen molar-refractivity contribution in [1.82, 2.24) is 9.78 Å². The van der Waals surface area contributed by atoms with E-state index in [4.69, 9.17) is 10.5 Å². The van der Waals surface area contributed by atoms with Gasteiger partial charge >= 0.3 is 0 Å². The summed E-state index contributed by atoms with van der Waals surface area (Å²) in [5.41, 5.74) is 9.09. The average molecular weight is 378 g/mol. The zero-order valence-corrected chi connectivity index (χ0v) is 15.2. The predicted molar refractivity (Wildman–Crippen MR) is 98.7 cm³/mol. The van der Waals surface area contributed by atoms with Gasteiger partial charge in [0.15, 0.2) is 0 Å². The first kappa shape index (κ1) is 17.7. The number of hydrogen-bond acceptors (Lipinski definition) is 4. The fourth-order valence-electron chi connectivity index (χ4n) is 3.42. The molecule has 5 nitrogen and oxygen atoms in total. The Morgan fingerprint density at radius 2 is 1.86 bits per heavy atom. The number of nitrogens with zero attached hydrogens (tertiary/aromatic N) is 3. The summed E-state index contributed by atoms with van der Waals surface area (Å²) in [4.78, 5) is 0. The van der Waals surface area contributed by atoms with Crippen molar-refractivity contribution >= 4 is 0 Å². The maximum absolute atomic E-state index is 14.6. The lowest BCUT2D eigenvalue weighted by Crippen LogP contribution is -2.22. The number of nitrogens with two attached hydrogens (primary N) is 1. The lowest BCUT2D eigenvalue weighted by Gasteiger charge is -2.25. The van der Waals surface area contributed by atoms with Crippen LogP contribution in [0.4, 0.5) is 8.78 Å². The van der Waals surface area contributed by atoms with Crippen molar-refractivity contribution in [2.24, 2.45) is 5.73 Å². The molecule has 2 N–H and O–H groups in total. The minimum Gasteiger partial charge on any atom is -0.422 e. The van der Waals surface area contributed by atoms with E-state index in [2.05, 4.69) is 5.10 Å². The molecular formula is C21H16F2N4O. The van der Waals surface area contributed by atoms with Crippen LogP contribution >= 0.6 is 0 Å². The highest BCUT2D eigenvalue weighted by Crippen LogP contribution is 2.45. The van der Waals surface area contributed by atoms with Crippen LogP contribution in [0.15, 0.2) is 53.9 Å². The number of halogens is 2. The summed E-state index contributed by atoms with van der Waals surface area (Å²) in [6, 6.07) is 12.9. The van der Waals surface area contributed by atoms with Crippen LogP contribution < -0.4 is 10.5 Å². The first-order chi connectivity index (χ1) is 13.4. The van der Waals surface area contributed by atoms with Gasteiger partial charge in [-0.2, -0.15) is 10.4 Å². The molecule has 1 aromatic heterocycles. The number of rotatable bonds is 2. The smallest absolute Gasteiger partial charge is 0.229 e. The zero-order chi connectivity index (χ0) is 20.0. The molecule has 2 aromatic carbocycles. The Balaban J connectivity index is 1.96. The third-order valence-electron chi connectivity index (χ3n) is 4.78. The first-order valence-corrected chi connectivity index (χ1v) is 8.59.